The van der Waals surface area contributed by atoms with Crippen LogP contribution in [0.1, 0.15) is 13.3 Å². The molecule has 0 spiro atoms. The van der Waals surface area contributed by atoms with Gasteiger partial charge in [-0.2, -0.15) is 0 Å². The van der Waals surface area contributed by atoms with Gasteiger partial charge in [-0.1, -0.05) is 0 Å². The summed E-state index contributed by atoms with van der Waals surface area (Å²) in [5.41, 5.74) is 4.57. The molecule has 76 valence electrons. The van der Waals surface area contributed by atoms with Crippen LogP contribution in [0.15, 0.2) is 0 Å². The molecule has 0 saturated carbocycles. The number of hydrogen-bond donors (Lipinski definition) is 2. The third-order valence-electron chi connectivity index (χ3n) is 0.796. The molecule has 3 N–H and O–H groups in total. The summed E-state index contributed by atoms with van der Waals surface area (Å²) in [5.74, 6) is -1.61. The summed E-state index contributed by atoms with van der Waals surface area (Å²) in [7, 11) is 1.26. The highest BCUT2D eigenvalue weighted by molar-refractivity contribution is 5.93. The highest BCUT2D eigenvalue weighted by Crippen LogP contribution is 1.83. The minimum absolute atomic E-state index is 0.115. The van der Waals surface area contributed by atoms with Crippen LogP contribution in [0.4, 0.5) is 0 Å². The Hall–Kier alpha value is -1.43. The molecule has 13 heavy (non-hydrogen) atoms. The van der Waals surface area contributed by atoms with E-state index in [2.05, 4.69) is 10.5 Å². The van der Waals surface area contributed by atoms with Crippen LogP contribution in [0, 0.1) is 0 Å². The van der Waals surface area contributed by atoms with Crippen LogP contribution >= 0.6 is 0 Å². The predicted molar refractivity (Wildman–Crippen MR) is 44.0 cm³/mol. The van der Waals surface area contributed by atoms with Gasteiger partial charge < -0.3 is 15.6 Å². The SMILES string of the molecule is COC(=O)CC(C)=O.NCC(=O)O. The average Bonchev–Trinajstić information content (AvgIpc) is 2.04. The van der Waals surface area contributed by atoms with E-state index in [1.165, 1.54) is 14.0 Å². The number of methoxy groups -OCH3 is 1. The summed E-state index contributed by atoms with van der Waals surface area (Å²) in [5, 5.41) is 7.60. The number of carbonyl (C=O) groups is 3. The fraction of sp³-hybridized carbons (Fsp3) is 0.571. The third-order valence-corrected chi connectivity index (χ3v) is 0.796. The second-order valence-electron chi connectivity index (χ2n) is 2.05. The number of hydrogen-bond acceptors (Lipinski definition) is 5. The molecule has 0 aromatic heterocycles. The van der Waals surface area contributed by atoms with Crippen molar-refractivity contribution in [3.8, 4) is 0 Å². The van der Waals surface area contributed by atoms with Crippen molar-refractivity contribution >= 4 is 17.7 Å². The topological polar surface area (TPSA) is 107 Å². The van der Waals surface area contributed by atoms with Gasteiger partial charge in [-0.25, -0.2) is 0 Å². The Balaban J connectivity index is 0. The molecule has 0 radical (unpaired) electrons. The van der Waals surface area contributed by atoms with Crippen molar-refractivity contribution in [3.63, 3.8) is 0 Å². The molecule has 0 heterocycles. The van der Waals surface area contributed by atoms with Crippen molar-refractivity contribution in [2.75, 3.05) is 13.7 Å². The summed E-state index contributed by atoms with van der Waals surface area (Å²) < 4.78 is 4.20. The Labute approximate surface area is 75.7 Å². The van der Waals surface area contributed by atoms with Gasteiger partial charge in [0.05, 0.1) is 13.7 Å². The second kappa shape index (κ2) is 8.66. The van der Waals surface area contributed by atoms with E-state index in [-0.39, 0.29) is 18.7 Å². The van der Waals surface area contributed by atoms with Gasteiger partial charge in [0.1, 0.15) is 12.2 Å². The Morgan fingerprint density at radius 2 is 1.77 bits per heavy atom. The van der Waals surface area contributed by atoms with E-state index in [1.54, 1.807) is 0 Å². The normalized spacial score (nSPS) is 7.92. The molecule has 6 heteroatoms. The molecule has 0 aromatic carbocycles. The van der Waals surface area contributed by atoms with Crippen molar-refractivity contribution in [1.29, 1.82) is 0 Å². The van der Waals surface area contributed by atoms with E-state index >= 15 is 0 Å². The van der Waals surface area contributed by atoms with Gasteiger partial charge in [0.2, 0.25) is 0 Å². The maximum atomic E-state index is 10.2. The van der Waals surface area contributed by atoms with E-state index < -0.39 is 11.9 Å². The average molecular weight is 191 g/mol. The number of aliphatic carboxylic acids is 1. The van der Waals surface area contributed by atoms with Crippen molar-refractivity contribution in [2.24, 2.45) is 5.73 Å². The quantitative estimate of drug-likeness (QED) is 0.445. The molecular weight excluding hydrogens is 178 g/mol. The number of ether oxygens (including phenoxy) is 1. The molecule has 0 unspecified atom stereocenters. The largest absolute Gasteiger partial charge is 0.480 e. The number of nitrogens with two attached hydrogens (primary N) is 1. The standard InChI is InChI=1S/C5H8O3.C2H5NO2/c1-4(6)3-5(7)8-2;3-1-2(4)5/h3H2,1-2H3;1,3H2,(H,4,5). The Bertz CT molecular complexity index is 189. The van der Waals surface area contributed by atoms with Crippen molar-refractivity contribution in [1.82, 2.24) is 0 Å². The number of carboxylic acids is 1. The lowest BCUT2D eigenvalue weighted by molar-refractivity contribution is -0.143. The minimum atomic E-state index is -0.968. The first kappa shape index (κ1) is 14.1. The summed E-state index contributed by atoms with van der Waals surface area (Å²) in [6.07, 6.45) is -0.115. The van der Waals surface area contributed by atoms with E-state index in [0.29, 0.717) is 0 Å². The molecular formula is C7H13NO5. The smallest absolute Gasteiger partial charge is 0.317 e. The Morgan fingerprint density at radius 1 is 1.38 bits per heavy atom. The van der Waals surface area contributed by atoms with Gasteiger partial charge in [0, 0.05) is 0 Å². The molecule has 0 bridgehead atoms. The van der Waals surface area contributed by atoms with Gasteiger partial charge in [-0.15, -0.1) is 0 Å². The summed E-state index contributed by atoms with van der Waals surface area (Å²) in [6, 6.07) is 0. The van der Waals surface area contributed by atoms with Gasteiger partial charge in [0.15, 0.2) is 0 Å². The molecule has 0 aromatic rings. The molecule has 0 saturated heterocycles. The maximum Gasteiger partial charge on any atom is 0.317 e. The Morgan fingerprint density at radius 3 is 1.85 bits per heavy atom. The fourth-order valence-electron chi connectivity index (χ4n) is 0.275. The van der Waals surface area contributed by atoms with Crippen LogP contribution in [0.3, 0.4) is 0 Å². The lowest BCUT2D eigenvalue weighted by atomic mass is 10.3. The van der Waals surface area contributed by atoms with Crippen molar-refractivity contribution in [2.45, 2.75) is 13.3 Å². The number of esters is 1. The maximum absolute atomic E-state index is 10.2. The molecule has 0 aliphatic carbocycles. The molecule has 6 nitrogen and oxygen atoms in total. The molecule has 0 fully saturated rings. The first-order valence-electron chi connectivity index (χ1n) is 3.42. The summed E-state index contributed by atoms with van der Waals surface area (Å²) in [4.78, 5) is 29.5. The third kappa shape index (κ3) is 18.0. The lowest BCUT2D eigenvalue weighted by Crippen LogP contribution is -2.10. The molecule has 0 aliphatic rings. The summed E-state index contributed by atoms with van der Waals surface area (Å²) >= 11 is 0. The van der Waals surface area contributed by atoms with Crippen LogP contribution in [0.25, 0.3) is 0 Å². The number of carboxylic acid groups (broad SMARTS) is 1. The molecule has 0 amide bonds. The van der Waals surface area contributed by atoms with Crippen LogP contribution in [-0.2, 0) is 19.1 Å². The first-order chi connectivity index (χ1) is 5.93. The zero-order valence-electron chi connectivity index (χ0n) is 7.57. The highest BCUT2D eigenvalue weighted by Gasteiger charge is 2.01. The van der Waals surface area contributed by atoms with Crippen LogP contribution in [0.5, 0.6) is 0 Å². The number of ketones is 1. The fourth-order valence-corrected chi connectivity index (χ4v) is 0.275. The van der Waals surface area contributed by atoms with Crippen LogP contribution in [0.2, 0.25) is 0 Å². The molecule has 0 atom stereocenters. The molecule has 0 aliphatic heterocycles. The van der Waals surface area contributed by atoms with Gasteiger partial charge >= 0.3 is 11.9 Å². The zero-order chi connectivity index (χ0) is 10.9. The number of carbonyl (C=O) groups excluding carboxylic acids is 2. The monoisotopic (exact) mass is 191 g/mol. The predicted octanol–water partition coefficient (Wildman–Crippen LogP) is -0.832. The molecule has 0 rings (SSSR count). The van der Waals surface area contributed by atoms with Gasteiger partial charge in [0.25, 0.3) is 0 Å². The van der Waals surface area contributed by atoms with Gasteiger partial charge in [-0.3, -0.25) is 14.4 Å². The zero-order valence-corrected chi connectivity index (χ0v) is 7.57. The van der Waals surface area contributed by atoms with Crippen molar-refractivity contribution < 1.29 is 24.2 Å². The Kier molecular flexibility index (Phi) is 9.41. The lowest BCUT2D eigenvalue weighted by Gasteiger charge is -1.90. The number of Topliss-reactive ketones (excluding diaryl/α,β-unsaturated/α-hetero) is 1. The van der Waals surface area contributed by atoms with E-state index in [0.717, 1.165) is 0 Å². The first-order valence-corrected chi connectivity index (χ1v) is 3.42. The van der Waals surface area contributed by atoms with E-state index in [1.807, 2.05) is 0 Å². The van der Waals surface area contributed by atoms with Crippen molar-refractivity contribution in [3.05, 3.63) is 0 Å². The summed E-state index contributed by atoms with van der Waals surface area (Å²) in [6.45, 7) is 1.07. The van der Waals surface area contributed by atoms with Crippen LogP contribution < -0.4 is 5.73 Å². The number of rotatable bonds is 3. The van der Waals surface area contributed by atoms with Gasteiger partial charge in [-0.05, 0) is 6.92 Å². The van der Waals surface area contributed by atoms with E-state index in [9.17, 15) is 14.4 Å². The minimum Gasteiger partial charge on any atom is -0.480 e. The second-order valence-corrected chi connectivity index (χ2v) is 2.05. The highest BCUT2D eigenvalue weighted by atomic mass is 16.5. The van der Waals surface area contributed by atoms with Crippen LogP contribution in [-0.4, -0.2) is 36.5 Å². The van der Waals surface area contributed by atoms with E-state index in [4.69, 9.17) is 5.11 Å².